The first kappa shape index (κ1) is 10.3. The van der Waals surface area contributed by atoms with Crippen LogP contribution in [0.25, 0.3) is 15.8 Å². The van der Waals surface area contributed by atoms with E-state index in [1.54, 1.807) is 3.96 Å². The van der Waals surface area contributed by atoms with Gasteiger partial charge < -0.3 is 0 Å². The summed E-state index contributed by atoms with van der Waals surface area (Å²) in [4.78, 5) is 12.3. The Kier molecular flexibility index (Phi) is 2.34. The summed E-state index contributed by atoms with van der Waals surface area (Å²) in [5.74, 6) is 0. The predicted octanol–water partition coefficient (Wildman–Crippen LogP) is 3.36. The van der Waals surface area contributed by atoms with E-state index in [4.69, 9.17) is 0 Å². The molecule has 0 aliphatic carbocycles. The van der Waals surface area contributed by atoms with Crippen LogP contribution in [0.4, 0.5) is 0 Å². The number of hydrogen-bond donors (Lipinski definition) is 0. The second-order valence-electron chi connectivity index (χ2n) is 3.97. The number of rotatable bonds is 1. The fourth-order valence-electron chi connectivity index (χ4n) is 1.92. The molecule has 0 fully saturated rings. The minimum atomic E-state index is 0.0694. The number of aryl methyl sites for hydroxylation is 1. The van der Waals surface area contributed by atoms with Crippen molar-refractivity contribution in [2.75, 3.05) is 0 Å². The van der Waals surface area contributed by atoms with Crippen molar-refractivity contribution < 1.29 is 0 Å². The minimum absolute atomic E-state index is 0.0694. The fourth-order valence-corrected chi connectivity index (χ4v) is 3.00. The molecule has 2 aromatic carbocycles. The Hall–Kier alpha value is -1.87. The maximum Gasteiger partial charge on any atom is 0.273 e. The molecule has 0 radical (unpaired) electrons. The Labute approximate surface area is 103 Å². The molecule has 1 aromatic heterocycles. The lowest BCUT2D eigenvalue weighted by molar-refractivity contribution is 1.12. The van der Waals surface area contributed by atoms with Gasteiger partial charge in [0.15, 0.2) is 0 Å². The first-order valence-corrected chi connectivity index (χ1v) is 6.22. The molecule has 0 atom stereocenters. The summed E-state index contributed by atoms with van der Waals surface area (Å²) in [6.45, 7) is 2.02. The van der Waals surface area contributed by atoms with E-state index < -0.39 is 0 Å². The van der Waals surface area contributed by atoms with Crippen LogP contribution in [0, 0.1) is 6.92 Å². The molecular formula is C14H11NOS. The van der Waals surface area contributed by atoms with Crippen LogP contribution in [0.3, 0.4) is 0 Å². The Morgan fingerprint density at radius 2 is 1.71 bits per heavy atom. The van der Waals surface area contributed by atoms with Crippen molar-refractivity contribution in [3.8, 4) is 5.69 Å². The summed E-state index contributed by atoms with van der Waals surface area (Å²) >= 11 is 1.50. The third-order valence-corrected chi connectivity index (χ3v) is 3.92. The highest BCUT2D eigenvalue weighted by molar-refractivity contribution is 7.14. The Bertz CT molecular complexity index is 739. The Morgan fingerprint density at radius 3 is 2.47 bits per heavy atom. The molecule has 3 rings (SSSR count). The van der Waals surface area contributed by atoms with E-state index in [1.165, 1.54) is 11.5 Å². The van der Waals surface area contributed by atoms with Crippen LogP contribution in [0.5, 0.6) is 0 Å². The van der Waals surface area contributed by atoms with Crippen molar-refractivity contribution in [2.45, 2.75) is 6.92 Å². The average Bonchev–Trinajstić information content (AvgIpc) is 2.68. The SMILES string of the molecule is Cc1ccccc1-n1sc2ccccc2c1=O. The molecule has 84 valence electrons. The summed E-state index contributed by atoms with van der Waals surface area (Å²) in [5, 5.41) is 0.792. The number of nitrogens with zero attached hydrogens (tertiary/aromatic N) is 1. The van der Waals surface area contributed by atoms with Gasteiger partial charge in [-0.25, -0.2) is 3.96 Å². The van der Waals surface area contributed by atoms with E-state index in [0.717, 1.165) is 21.3 Å². The summed E-state index contributed by atoms with van der Waals surface area (Å²) in [6.07, 6.45) is 0. The fraction of sp³-hybridized carbons (Fsp3) is 0.0714. The lowest BCUT2D eigenvalue weighted by Gasteiger charge is -2.03. The van der Waals surface area contributed by atoms with Gasteiger partial charge in [0.05, 0.1) is 15.8 Å². The number of benzene rings is 2. The van der Waals surface area contributed by atoms with Gasteiger partial charge in [-0.2, -0.15) is 0 Å². The normalized spacial score (nSPS) is 10.9. The van der Waals surface area contributed by atoms with Crippen molar-refractivity contribution in [2.24, 2.45) is 0 Å². The highest BCUT2D eigenvalue weighted by atomic mass is 32.1. The van der Waals surface area contributed by atoms with E-state index in [0.29, 0.717) is 0 Å². The molecule has 17 heavy (non-hydrogen) atoms. The average molecular weight is 241 g/mol. The zero-order chi connectivity index (χ0) is 11.8. The van der Waals surface area contributed by atoms with Crippen LogP contribution in [0.1, 0.15) is 5.56 Å². The van der Waals surface area contributed by atoms with E-state index in [2.05, 4.69) is 0 Å². The van der Waals surface area contributed by atoms with Crippen molar-refractivity contribution >= 4 is 21.6 Å². The van der Waals surface area contributed by atoms with Gasteiger partial charge in [-0.3, -0.25) is 4.79 Å². The molecule has 3 heteroatoms. The lowest BCUT2D eigenvalue weighted by Crippen LogP contribution is -2.11. The van der Waals surface area contributed by atoms with Crippen LogP contribution in [-0.4, -0.2) is 3.96 Å². The zero-order valence-corrected chi connectivity index (χ0v) is 10.2. The molecule has 0 bridgehead atoms. The minimum Gasteiger partial charge on any atom is -0.267 e. The number of aromatic nitrogens is 1. The quantitative estimate of drug-likeness (QED) is 0.640. The molecule has 1 heterocycles. The van der Waals surface area contributed by atoms with Crippen molar-refractivity contribution in [1.82, 2.24) is 3.96 Å². The Morgan fingerprint density at radius 1 is 1.00 bits per heavy atom. The maximum atomic E-state index is 12.3. The number of fused-ring (bicyclic) bond motifs is 1. The monoisotopic (exact) mass is 241 g/mol. The molecule has 0 amide bonds. The van der Waals surface area contributed by atoms with Crippen molar-refractivity contribution in [3.63, 3.8) is 0 Å². The van der Waals surface area contributed by atoms with Gasteiger partial charge in [-0.05, 0) is 30.7 Å². The molecule has 3 aromatic rings. The molecule has 0 saturated heterocycles. The molecule has 2 nitrogen and oxygen atoms in total. The van der Waals surface area contributed by atoms with E-state index in [1.807, 2.05) is 55.5 Å². The third kappa shape index (κ3) is 1.59. The summed E-state index contributed by atoms with van der Waals surface area (Å²) in [6, 6.07) is 15.7. The number of para-hydroxylation sites is 1. The second kappa shape index (κ2) is 3.86. The van der Waals surface area contributed by atoms with Gasteiger partial charge in [0.25, 0.3) is 5.56 Å². The predicted molar refractivity (Wildman–Crippen MR) is 72.2 cm³/mol. The topological polar surface area (TPSA) is 22.0 Å². The zero-order valence-electron chi connectivity index (χ0n) is 9.38. The van der Waals surface area contributed by atoms with Gasteiger partial charge in [0.2, 0.25) is 0 Å². The van der Waals surface area contributed by atoms with Crippen LogP contribution in [0.2, 0.25) is 0 Å². The summed E-state index contributed by atoms with van der Waals surface area (Å²) < 4.78 is 2.79. The highest BCUT2D eigenvalue weighted by Crippen LogP contribution is 2.21. The van der Waals surface area contributed by atoms with E-state index in [9.17, 15) is 4.79 Å². The molecule has 0 saturated carbocycles. The molecule has 0 aliphatic heterocycles. The standard InChI is InChI=1S/C14H11NOS/c1-10-6-2-4-8-12(10)15-14(16)11-7-3-5-9-13(11)17-15/h2-9H,1H3. The van der Waals surface area contributed by atoms with Gasteiger partial charge in [0, 0.05) is 0 Å². The van der Waals surface area contributed by atoms with Gasteiger partial charge in [0.1, 0.15) is 0 Å². The van der Waals surface area contributed by atoms with Gasteiger partial charge in [-0.1, -0.05) is 41.9 Å². The van der Waals surface area contributed by atoms with Gasteiger partial charge in [-0.15, -0.1) is 0 Å². The smallest absolute Gasteiger partial charge is 0.267 e. The maximum absolute atomic E-state index is 12.3. The first-order chi connectivity index (χ1) is 8.27. The van der Waals surface area contributed by atoms with Crippen LogP contribution in [-0.2, 0) is 0 Å². The molecule has 0 aliphatic rings. The Balaban J connectivity index is 2.36. The summed E-state index contributed by atoms with van der Waals surface area (Å²) in [5.41, 5.74) is 2.15. The van der Waals surface area contributed by atoms with Crippen LogP contribution in [0.15, 0.2) is 53.3 Å². The first-order valence-electron chi connectivity index (χ1n) is 5.44. The van der Waals surface area contributed by atoms with E-state index >= 15 is 0 Å². The largest absolute Gasteiger partial charge is 0.273 e. The summed E-state index contributed by atoms with van der Waals surface area (Å²) in [7, 11) is 0. The van der Waals surface area contributed by atoms with Crippen LogP contribution < -0.4 is 5.56 Å². The molecule has 0 N–H and O–H groups in total. The molecule has 0 unspecified atom stereocenters. The third-order valence-electron chi connectivity index (χ3n) is 2.83. The van der Waals surface area contributed by atoms with Crippen molar-refractivity contribution in [3.05, 3.63) is 64.4 Å². The van der Waals surface area contributed by atoms with Crippen LogP contribution >= 0.6 is 11.5 Å². The van der Waals surface area contributed by atoms with Gasteiger partial charge >= 0.3 is 0 Å². The highest BCUT2D eigenvalue weighted by Gasteiger charge is 2.09. The molecular weight excluding hydrogens is 230 g/mol. The second-order valence-corrected chi connectivity index (χ2v) is 4.96. The molecule has 0 spiro atoms. The lowest BCUT2D eigenvalue weighted by atomic mass is 10.2. The number of hydrogen-bond acceptors (Lipinski definition) is 2. The van der Waals surface area contributed by atoms with E-state index in [-0.39, 0.29) is 5.56 Å². The van der Waals surface area contributed by atoms with Crippen molar-refractivity contribution in [1.29, 1.82) is 0 Å².